The van der Waals surface area contributed by atoms with E-state index in [1.807, 2.05) is 22.6 Å². The molecule has 0 aromatic heterocycles. The molecule has 0 aliphatic rings. The van der Waals surface area contributed by atoms with Gasteiger partial charge in [-0.15, -0.1) is 0 Å². The first-order chi connectivity index (χ1) is 10.1. The molecule has 5 heteroatoms. The Balaban J connectivity index is 2.23. The summed E-state index contributed by atoms with van der Waals surface area (Å²) in [6.07, 6.45) is 0. The molecule has 0 amide bonds. The van der Waals surface area contributed by atoms with Gasteiger partial charge in [-0.05, 0) is 0 Å². The van der Waals surface area contributed by atoms with Gasteiger partial charge in [0.05, 0.1) is 0 Å². The van der Waals surface area contributed by atoms with Crippen molar-refractivity contribution in [1.82, 2.24) is 0 Å². The van der Waals surface area contributed by atoms with Gasteiger partial charge in [-0.2, -0.15) is 0 Å². The summed E-state index contributed by atoms with van der Waals surface area (Å²) in [5.74, 6) is 1.05. The third kappa shape index (κ3) is 3.86. The third-order valence-corrected chi connectivity index (χ3v) is 4.95. The fourth-order valence-corrected chi connectivity index (χ4v) is 4.12. The van der Waals surface area contributed by atoms with Crippen molar-refractivity contribution >= 4 is 0 Å². The van der Waals surface area contributed by atoms with Gasteiger partial charge in [0.25, 0.3) is 0 Å². The minimum atomic E-state index is -3.13. The molecule has 21 heavy (non-hydrogen) atoms. The molecule has 0 spiro atoms. The van der Waals surface area contributed by atoms with Gasteiger partial charge in [-0.25, -0.2) is 0 Å². The molecule has 0 bridgehead atoms. The zero-order chi connectivity index (χ0) is 15.3. The van der Waals surface area contributed by atoms with Crippen LogP contribution in [0, 0.1) is 22.7 Å². The fourth-order valence-electron chi connectivity index (χ4n) is 1.85. The minimum absolute atomic E-state index is 0.480. The SMILES string of the molecule is [CH3][Ti]([CH3])([O]c1ccccc1C#N)[O]c1ccccc1C#N. The van der Waals surface area contributed by atoms with E-state index >= 15 is 0 Å². The van der Waals surface area contributed by atoms with Crippen LogP contribution >= 0.6 is 0 Å². The maximum atomic E-state index is 9.09. The Kier molecular flexibility index (Phi) is 4.65. The first kappa shape index (κ1) is 15.1. The maximum absolute atomic E-state index is 9.09. The van der Waals surface area contributed by atoms with Crippen molar-refractivity contribution in [3.63, 3.8) is 0 Å². The summed E-state index contributed by atoms with van der Waals surface area (Å²) in [4.78, 5) is 0. The predicted molar refractivity (Wildman–Crippen MR) is 75.3 cm³/mol. The number of nitriles is 2. The number of benzene rings is 2. The molecule has 0 atom stereocenters. The van der Waals surface area contributed by atoms with Crippen LogP contribution in [0.1, 0.15) is 11.1 Å². The van der Waals surface area contributed by atoms with E-state index in [2.05, 4.69) is 12.1 Å². The van der Waals surface area contributed by atoms with Crippen LogP contribution in [0.25, 0.3) is 0 Å². The normalized spacial score (nSPS) is 10.3. The van der Waals surface area contributed by atoms with Gasteiger partial charge in [0.2, 0.25) is 0 Å². The summed E-state index contributed by atoms with van der Waals surface area (Å²) < 4.78 is 11.9. The summed E-state index contributed by atoms with van der Waals surface area (Å²) in [6, 6.07) is 18.3. The predicted octanol–water partition coefficient (Wildman–Crippen LogP) is 3.97. The molecule has 2 aromatic carbocycles. The van der Waals surface area contributed by atoms with E-state index in [1.165, 1.54) is 0 Å². The Hall–Kier alpha value is -2.27. The van der Waals surface area contributed by atoms with Crippen molar-refractivity contribution in [3.8, 4) is 23.6 Å². The zero-order valence-electron chi connectivity index (χ0n) is 11.8. The molecule has 0 fully saturated rings. The number of hydrogen-bond donors (Lipinski definition) is 0. The van der Waals surface area contributed by atoms with E-state index in [0.29, 0.717) is 22.6 Å². The van der Waals surface area contributed by atoms with Crippen molar-refractivity contribution in [2.24, 2.45) is 0 Å². The molecule has 4 nitrogen and oxygen atoms in total. The number of rotatable bonds is 4. The van der Waals surface area contributed by atoms with Crippen molar-refractivity contribution in [2.75, 3.05) is 0 Å². The second-order valence-electron chi connectivity index (χ2n) is 4.82. The molecule has 0 N–H and O–H groups in total. The molecular formula is C16H14N2O2Ti. The average Bonchev–Trinajstić information content (AvgIpc) is 2.47. The molecule has 2 rings (SSSR count). The van der Waals surface area contributed by atoms with Gasteiger partial charge in [-0.1, -0.05) is 0 Å². The Morgan fingerprint density at radius 2 is 1.14 bits per heavy atom. The Morgan fingerprint density at radius 1 is 0.762 bits per heavy atom. The standard InChI is InChI=1S/2C7H5NO.2CH3.Ti/c2*8-5-6-3-1-2-4-7(6)9;;;/h2*1-4,9H;2*1H3;/q;;;;+2/p-2. The average molecular weight is 314 g/mol. The quantitative estimate of drug-likeness (QED) is 0.801. The molecule has 104 valence electrons. The molecule has 0 aliphatic heterocycles. The zero-order valence-corrected chi connectivity index (χ0v) is 13.4. The second-order valence-corrected chi connectivity index (χ2v) is 9.83. The van der Waals surface area contributed by atoms with Crippen LogP contribution in [-0.4, -0.2) is 0 Å². The van der Waals surface area contributed by atoms with Gasteiger partial charge in [0.15, 0.2) is 0 Å². The van der Waals surface area contributed by atoms with E-state index in [9.17, 15) is 0 Å². The van der Waals surface area contributed by atoms with Gasteiger partial charge in [0.1, 0.15) is 0 Å². The van der Waals surface area contributed by atoms with Gasteiger partial charge < -0.3 is 0 Å². The third-order valence-electron chi connectivity index (χ3n) is 2.73. The van der Waals surface area contributed by atoms with E-state index in [-0.39, 0.29) is 0 Å². The van der Waals surface area contributed by atoms with E-state index in [4.69, 9.17) is 17.2 Å². The summed E-state index contributed by atoms with van der Waals surface area (Å²) in [6.45, 7) is 0. The van der Waals surface area contributed by atoms with Crippen molar-refractivity contribution in [1.29, 1.82) is 10.5 Å². The second kappa shape index (κ2) is 6.46. The molecule has 0 saturated heterocycles. The first-order valence-corrected chi connectivity index (χ1v) is 10.8. The monoisotopic (exact) mass is 314 g/mol. The van der Waals surface area contributed by atoms with Crippen molar-refractivity contribution in [3.05, 3.63) is 59.7 Å². The Morgan fingerprint density at radius 3 is 1.52 bits per heavy atom. The summed E-state index contributed by atoms with van der Waals surface area (Å²) >= 11 is -3.13. The number of para-hydroxylation sites is 2. The molecule has 0 heterocycles. The summed E-state index contributed by atoms with van der Waals surface area (Å²) in [7, 11) is 0. The topological polar surface area (TPSA) is 66.0 Å². The van der Waals surface area contributed by atoms with Gasteiger partial charge in [-0.3, -0.25) is 0 Å². The van der Waals surface area contributed by atoms with E-state index in [0.717, 1.165) is 0 Å². The van der Waals surface area contributed by atoms with Crippen LogP contribution in [0.15, 0.2) is 48.5 Å². The van der Waals surface area contributed by atoms with E-state index in [1.54, 1.807) is 36.4 Å². The van der Waals surface area contributed by atoms with Gasteiger partial charge in [0, 0.05) is 0 Å². The summed E-state index contributed by atoms with van der Waals surface area (Å²) in [5, 5.41) is 22.0. The van der Waals surface area contributed by atoms with Crippen LogP contribution in [0.3, 0.4) is 0 Å². The Bertz CT molecular complexity index is 668. The summed E-state index contributed by atoms with van der Waals surface area (Å²) in [5.41, 5.74) is 0.960. The van der Waals surface area contributed by atoms with Gasteiger partial charge >= 0.3 is 128 Å². The molecule has 0 unspecified atom stereocenters. The molecular weight excluding hydrogens is 300 g/mol. The molecule has 0 saturated carbocycles. The van der Waals surface area contributed by atoms with Crippen LogP contribution < -0.4 is 6.64 Å². The van der Waals surface area contributed by atoms with Crippen LogP contribution in [0.4, 0.5) is 0 Å². The van der Waals surface area contributed by atoms with Crippen LogP contribution in [0.2, 0.25) is 10.5 Å². The number of nitrogens with zero attached hydrogens (tertiary/aromatic N) is 2. The molecule has 0 radical (unpaired) electrons. The Labute approximate surface area is 128 Å². The fraction of sp³-hybridized carbons (Fsp3) is 0.125. The van der Waals surface area contributed by atoms with E-state index < -0.39 is 17.4 Å². The first-order valence-electron chi connectivity index (χ1n) is 6.42. The van der Waals surface area contributed by atoms with Crippen molar-refractivity contribution < 1.29 is 24.0 Å². The van der Waals surface area contributed by atoms with Crippen LogP contribution in [-0.2, 0) is 17.4 Å². The van der Waals surface area contributed by atoms with Crippen molar-refractivity contribution in [2.45, 2.75) is 10.5 Å². The molecule has 2 aromatic rings. The number of hydrogen-bond acceptors (Lipinski definition) is 4. The van der Waals surface area contributed by atoms with Crippen LogP contribution in [0.5, 0.6) is 11.5 Å². The molecule has 0 aliphatic carbocycles.